The van der Waals surface area contributed by atoms with E-state index in [1.54, 1.807) is 28.3 Å². The number of sulfone groups is 1. The van der Waals surface area contributed by atoms with Gasteiger partial charge in [-0.2, -0.15) is 10.1 Å². The molecule has 0 atom stereocenters. The van der Waals surface area contributed by atoms with Crippen molar-refractivity contribution in [1.29, 1.82) is 0 Å². The normalized spacial score (nSPS) is 12.6. The first kappa shape index (κ1) is 22.9. The molecule has 9 nitrogen and oxygen atoms in total. The second-order valence-electron chi connectivity index (χ2n) is 7.30. The average Bonchev–Trinajstić information content (AvgIpc) is 3.22. The van der Waals surface area contributed by atoms with Gasteiger partial charge in [0.15, 0.2) is 20.3 Å². The van der Waals surface area contributed by atoms with E-state index in [2.05, 4.69) is 10.1 Å². The maximum Gasteiger partial charge on any atom is 0.326 e. The lowest BCUT2D eigenvalue weighted by atomic mass is 10.3. The number of thiazole rings is 1. The molecule has 0 saturated carbocycles. The smallest absolute Gasteiger partial charge is 0.326 e. The molecule has 0 bridgehead atoms. The molecule has 3 aromatic rings. The van der Waals surface area contributed by atoms with Gasteiger partial charge in [0.05, 0.1) is 21.7 Å². The van der Waals surface area contributed by atoms with Gasteiger partial charge in [0.1, 0.15) is 6.54 Å². The number of rotatable bonds is 6. The van der Waals surface area contributed by atoms with Gasteiger partial charge in [-0.25, -0.2) is 8.42 Å². The Hall–Kier alpha value is -2.79. The number of fused-ring (bicyclic) bond motifs is 1. The van der Waals surface area contributed by atoms with Gasteiger partial charge in [0, 0.05) is 18.0 Å². The summed E-state index contributed by atoms with van der Waals surface area (Å²) in [6.45, 7) is 7.55. The fourth-order valence-electron chi connectivity index (χ4n) is 3.12. The third-order valence-corrected chi connectivity index (χ3v) is 6.65. The molecule has 2 heterocycles. The van der Waals surface area contributed by atoms with Crippen LogP contribution in [-0.4, -0.2) is 47.5 Å². The Bertz CT molecular complexity index is 1330. The van der Waals surface area contributed by atoms with E-state index in [4.69, 9.17) is 4.74 Å². The summed E-state index contributed by atoms with van der Waals surface area (Å²) in [5, 5.41) is 4.32. The van der Waals surface area contributed by atoms with Gasteiger partial charge in [-0.1, -0.05) is 11.3 Å². The number of ether oxygens (including phenoxy) is 1. The highest BCUT2D eigenvalue weighted by Gasteiger charge is 2.17. The van der Waals surface area contributed by atoms with E-state index < -0.39 is 21.7 Å². The van der Waals surface area contributed by atoms with Crippen molar-refractivity contribution in [3.05, 3.63) is 40.5 Å². The predicted octanol–water partition coefficient (Wildman–Crippen LogP) is 2.50. The molecule has 0 saturated heterocycles. The van der Waals surface area contributed by atoms with E-state index in [0.29, 0.717) is 10.2 Å². The number of esters is 1. The van der Waals surface area contributed by atoms with Crippen molar-refractivity contribution in [2.75, 3.05) is 12.9 Å². The zero-order valence-corrected chi connectivity index (χ0v) is 19.6. The number of benzene rings is 1. The van der Waals surface area contributed by atoms with Gasteiger partial charge in [-0.05, 0) is 52.0 Å². The van der Waals surface area contributed by atoms with E-state index in [-0.39, 0.29) is 34.6 Å². The van der Waals surface area contributed by atoms with Gasteiger partial charge >= 0.3 is 5.97 Å². The standard InChI is InChI=1S/C20H24N4O5S2/c1-6-29-18(25)11-23-16-8-7-14(31(5,27)28)10-17(16)30-20(23)21-19(26)15-9-13(4)24(22-15)12(2)3/h7-10,12H,6,11H2,1-5H3. The topological polar surface area (TPSA) is 113 Å². The van der Waals surface area contributed by atoms with Crippen LogP contribution in [0.25, 0.3) is 10.2 Å². The summed E-state index contributed by atoms with van der Waals surface area (Å²) in [7, 11) is -3.41. The molecule has 0 aliphatic rings. The Morgan fingerprint density at radius 1 is 1.26 bits per heavy atom. The number of hydrogen-bond acceptors (Lipinski definition) is 7. The maximum absolute atomic E-state index is 12.8. The summed E-state index contributed by atoms with van der Waals surface area (Å²) in [6, 6.07) is 6.33. The molecule has 1 amide bonds. The van der Waals surface area contributed by atoms with Crippen LogP contribution in [0.1, 0.15) is 43.0 Å². The van der Waals surface area contributed by atoms with Gasteiger partial charge in [-0.3, -0.25) is 14.3 Å². The van der Waals surface area contributed by atoms with Gasteiger partial charge in [0.2, 0.25) is 0 Å². The number of nitrogens with zero attached hydrogens (tertiary/aromatic N) is 4. The molecular formula is C20H24N4O5S2. The van der Waals surface area contributed by atoms with Crippen LogP contribution >= 0.6 is 11.3 Å². The minimum Gasteiger partial charge on any atom is -0.465 e. The molecule has 0 fully saturated rings. The summed E-state index contributed by atoms with van der Waals surface area (Å²) in [5.74, 6) is -1.03. The summed E-state index contributed by atoms with van der Waals surface area (Å²) in [6.07, 6.45) is 1.12. The molecule has 31 heavy (non-hydrogen) atoms. The van der Waals surface area contributed by atoms with E-state index in [0.717, 1.165) is 23.3 Å². The Labute approximate surface area is 183 Å². The lowest BCUT2D eigenvalue weighted by Gasteiger charge is -2.06. The molecule has 166 valence electrons. The van der Waals surface area contributed by atoms with Crippen molar-refractivity contribution in [1.82, 2.24) is 14.3 Å². The second-order valence-corrected chi connectivity index (χ2v) is 10.3. The van der Waals surface area contributed by atoms with E-state index in [9.17, 15) is 18.0 Å². The van der Waals surface area contributed by atoms with E-state index in [1.165, 1.54) is 12.1 Å². The minimum absolute atomic E-state index is 0.0917. The zero-order chi connectivity index (χ0) is 22.9. The number of carbonyl (C=O) groups excluding carboxylic acids is 2. The lowest BCUT2D eigenvalue weighted by molar-refractivity contribution is -0.143. The van der Waals surface area contributed by atoms with Crippen LogP contribution in [0.2, 0.25) is 0 Å². The van der Waals surface area contributed by atoms with Crippen molar-refractivity contribution in [3.63, 3.8) is 0 Å². The highest BCUT2D eigenvalue weighted by molar-refractivity contribution is 7.90. The summed E-state index contributed by atoms with van der Waals surface area (Å²) in [5.41, 5.74) is 1.62. The van der Waals surface area contributed by atoms with Crippen LogP contribution in [0.15, 0.2) is 34.2 Å². The largest absolute Gasteiger partial charge is 0.465 e. The lowest BCUT2D eigenvalue weighted by Crippen LogP contribution is -2.23. The van der Waals surface area contributed by atoms with E-state index >= 15 is 0 Å². The van der Waals surface area contributed by atoms with Crippen LogP contribution in [0.4, 0.5) is 0 Å². The van der Waals surface area contributed by atoms with Crippen molar-refractivity contribution < 1.29 is 22.7 Å². The van der Waals surface area contributed by atoms with Crippen molar-refractivity contribution in [2.24, 2.45) is 4.99 Å². The van der Waals surface area contributed by atoms with Crippen LogP contribution in [-0.2, 0) is 25.9 Å². The SMILES string of the molecule is CCOC(=O)Cn1c(=NC(=O)c2cc(C)n(C(C)C)n2)sc2cc(S(C)(=O)=O)ccc21. The van der Waals surface area contributed by atoms with Crippen LogP contribution in [0.3, 0.4) is 0 Å². The Kier molecular flexibility index (Phi) is 6.46. The highest BCUT2D eigenvalue weighted by Crippen LogP contribution is 2.22. The van der Waals surface area contributed by atoms with Crippen LogP contribution < -0.4 is 4.80 Å². The fourth-order valence-corrected chi connectivity index (χ4v) is 4.91. The molecule has 2 aromatic heterocycles. The Morgan fingerprint density at radius 3 is 2.55 bits per heavy atom. The molecule has 11 heteroatoms. The van der Waals surface area contributed by atoms with Gasteiger partial charge in [-0.15, -0.1) is 0 Å². The third-order valence-electron chi connectivity index (χ3n) is 4.50. The number of hydrogen-bond donors (Lipinski definition) is 0. The molecule has 0 aliphatic carbocycles. The summed E-state index contributed by atoms with van der Waals surface area (Å²) >= 11 is 1.12. The Balaban J connectivity index is 2.15. The average molecular weight is 465 g/mol. The molecular weight excluding hydrogens is 440 g/mol. The van der Waals surface area contributed by atoms with Crippen molar-refractivity contribution in [2.45, 2.75) is 45.2 Å². The molecule has 0 unspecified atom stereocenters. The van der Waals surface area contributed by atoms with Gasteiger partial charge in [0.25, 0.3) is 5.91 Å². The molecule has 0 aliphatic heterocycles. The first-order valence-corrected chi connectivity index (χ1v) is 12.4. The number of aromatic nitrogens is 3. The fraction of sp³-hybridized carbons (Fsp3) is 0.400. The third kappa shape index (κ3) is 4.93. The first-order chi connectivity index (χ1) is 14.5. The molecule has 0 N–H and O–H groups in total. The molecule has 1 aromatic carbocycles. The minimum atomic E-state index is -3.41. The van der Waals surface area contributed by atoms with Gasteiger partial charge < -0.3 is 9.30 Å². The first-order valence-electron chi connectivity index (χ1n) is 9.65. The molecule has 3 rings (SSSR count). The second kappa shape index (κ2) is 8.75. The number of aryl methyl sites for hydroxylation is 1. The van der Waals surface area contributed by atoms with E-state index in [1.807, 2.05) is 20.8 Å². The summed E-state index contributed by atoms with van der Waals surface area (Å²) in [4.78, 5) is 29.5. The Morgan fingerprint density at radius 2 is 1.97 bits per heavy atom. The van der Waals surface area contributed by atoms with Crippen LogP contribution in [0.5, 0.6) is 0 Å². The monoisotopic (exact) mass is 464 g/mol. The van der Waals surface area contributed by atoms with Crippen molar-refractivity contribution in [3.8, 4) is 0 Å². The maximum atomic E-state index is 12.8. The zero-order valence-electron chi connectivity index (χ0n) is 17.9. The molecule has 0 radical (unpaired) electrons. The molecule has 0 spiro atoms. The van der Waals surface area contributed by atoms with Crippen LogP contribution in [0, 0.1) is 6.92 Å². The summed E-state index contributed by atoms with van der Waals surface area (Å²) < 4.78 is 32.7. The highest BCUT2D eigenvalue weighted by atomic mass is 32.2. The quantitative estimate of drug-likeness (QED) is 0.518. The van der Waals surface area contributed by atoms with Crippen molar-refractivity contribution >= 4 is 43.3 Å². The number of amides is 1. The number of carbonyl (C=O) groups is 2. The predicted molar refractivity (Wildman–Crippen MR) is 117 cm³/mol.